The molecule has 0 aromatic heterocycles. The molecule has 0 aliphatic carbocycles. The fourth-order valence-electron chi connectivity index (χ4n) is 3.11. The Morgan fingerprint density at radius 1 is 1.11 bits per heavy atom. The van der Waals surface area contributed by atoms with Gasteiger partial charge in [-0.3, -0.25) is 9.59 Å². The third kappa shape index (κ3) is 4.92. The Morgan fingerprint density at radius 2 is 1.78 bits per heavy atom. The van der Waals surface area contributed by atoms with Crippen LogP contribution in [0.4, 0.5) is 11.4 Å². The minimum Gasteiger partial charge on any atom is -0.497 e. The second kappa shape index (κ2) is 9.28. The van der Waals surface area contributed by atoms with Gasteiger partial charge >= 0.3 is 0 Å². The van der Waals surface area contributed by atoms with Crippen molar-refractivity contribution in [3.63, 3.8) is 0 Å². The van der Waals surface area contributed by atoms with Gasteiger partial charge in [-0.05, 0) is 37.1 Å². The van der Waals surface area contributed by atoms with E-state index in [-0.39, 0.29) is 30.1 Å². The van der Waals surface area contributed by atoms with Crippen molar-refractivity contribution in [2.45, 2.75) is 12.8 Å². The minimum absolute atomic E-state index is 0. The molecule has 1 aliphatic rings. The number of carbonyl (C=O) groups excluding carboxylic acids is 2. The van der Waals surface area contributed by atoms with E-state index < -0.39 is 0 Å². The summed E-state index contributed by atoms with van der Waals surface area (Å²) in [4.78, 5) is 26.8. The van der Waals surface area contributed by atoms with Crippen LogP contribution in [0.25, 0.3) is 0 Å². The lowest BCUT2D eigenvalue weighted by molar-refractivity contribution is -0.121. The number of benzene rings is 2. The van der Waals surface area contributed by atoms with Crippen LogP contribution in [-0.2, 0) is 4.79 Å². The lowest BCUT2D eigenvalue weighted by atomic mass is 9.95. The number of halogens is 1. The number of methoxy groups -OCH3 is 1. The van der Waals surface area contributed by atoms with Crippen LogP contribution in [0.2, 0.25) is 0 Å². The molecular weight excluding hydrogens is 366 g/mol. The Morgan fingerprint density at radius 3 is 2.41 bits per heavy atom. The number of nitrogens with zero attached hydrogens (tertiary/aromatic N) is 1. The number of amides is 2. The van der Waals surface area contributed by atoms with Crippen molar-refractivity contribution in [3.8, 4) is 5.75 Å². The normalized spacial score (nSPS) is 14.2. The van der Waals surface area contributed by atoms with Gasteiger partial charge in [0.1, 0.15) is 5.75 Å². The van der Waals surface area contributed by atoms with Crippen molar-refractivity contribution in [2.75, 3.05) is 31.2 Å². The SMILES string of the molecule is COc1ccc(N)c(NC(=O)C2CCN(C(=O)c3ccccc3)CC2)c1.Cl. The standard InChI is InChI=1S/C20H23N3O3.ClH/c1-26-16-7-8-17(21)18(13-16)22-19(24)14-9-11-23(12-10-14)20(25)15-5-3-2-4-6-15;/h2-8,13-14H,9-12,21H2,1H3,(H,22,24);1H. The van der Waals surface area contributed by atoms with E-state index in [1.165, 1.54) is 0 Å². The van der Waals surface area contributed by atoms with Crippen LogP contribution in [0.5, 0.6) is 5.75 Å². The number of rotatable bonds is 4. The maximum atomic E-state index is 12.6. The molecule has 7 heteroatoms. The van der Waals surface area contributed by atoms with E-state index in [4.69, 9.17) is 10.5 Å². The van der Waals surface area contributed by atoms with Gasteiger partial charge in [0, 0.05) is 30.6 Å². The maximum Gasteiger partial charge on any atom is 0.253 e. The van der Waals surface area contributed by atoms with Crippen molar-refractivity contribution in [1.29, 1.82) is 0 Å². The molecule has 0 atom stereocenters. The average Bonchev–Trinajstić information content (AvgIpc) is 2.70. The second-order valence-corrected chi connectivity index (χ2v) is 6.37. The predicted molar refractivity (Wildman–Crippen MR) is 108 cm³/mol. The summed E-state index contributed by atoms with van der Waals surface area (Å²) in [6.07, 6.45) is 1.27. The van der Waals surface area contributed by atoms with Gasteiger partial charge in [-0.1, -0.05) is 18.2 Å². The van der Waals surface area contributed by atoms with E-state index in [0.717, 1.165) is 0 Å². The molecule has 0 unspecified atom stereocenters. The molecule has 3 N–H and O–H groups in total. The lowest BCUT2D eigenvalue weighted by Gasteiger charge is -2.31. The molecule has 3 rings (SSSR count). The first kappa shape index (κ1) is 20.6. The van der Waals surface area contributed by atoms with Crippen LogP contribution in [0.3, 0.4) is 0 Å². The quantitative estimate of drug-likeness (QED) is 0.786. The largest absolute Gasteiger partial charge is 0.497 e. The predicted octanol–water partition coefficient (Wildman–Crippen LogP) is 3.19. The molecule has 27 heavy (non-hydrogen) atoms. The molecule has 0 radical (unpaired) electrons. The molecule has 0 saturated carbocycles. The van der Waals surface area contributed by atoms with E-state index in [2.05, 4.69) is 5.32 Å². The van der Waals surface area contributed by atoms with Gasteiger partial charge in [0.05, 0.1) is 18.5 Å². The summed E-state index contributed by atoms with van der Waals surface area (Å²) >= 11 is 0. The van der Waals surface area contributed by atoms with Gasteiger partial charge in [0.25, 0.3) is 5.91 Å². The number of nitrogens with two attached hydrogens (primary N) is 1. The van der Waals surface area contributed by atoms with Crippen molar-refractivity contribution in [3.05, 3.63) is 54.1 Å². The highest BCUT2D eigenvalue weighted by molar-refractivity contribution is 5.96. The summed E-state index contributed by atoms with van der Waals surface area (Å²) in [5, 5.41) is 2.88. The van der Waals surface area contributed by atoms with Crippen molar-refractivity contribution in [2.24, 2.45) is 5.92 Å². The number of hydrogen-bond donors (Lipinski definition) is 2. The third-order valence-electron chi connectivity index (χ3n) is 4.69. The highest BCUT2D eigenvalue weighted by atomic mass is 35.5. The van der Waals surface area contributed by atoms with Gasteiger partial charge in [-0.2, -0.15) is 0 Å². The zero-order chi connectivity index (χ0) is 18.5. The van der Waals surface area contributed by atoms with Gasteiger partial charge in [-0.25, -0.2) is 0 Å². The van der Waals surface area contributed by atoms with Crippen LogP contribution in [0.15, 0.2) is 48.5 Å². The monoisotopic (exact) mass is 389 g/mol. The number of carbonyl (C=O) groups is 2. The molecule has 1 saturated heterocycles. The number of hydrogen-bond acceptors (Lipinski definition) is 4. The van der Waals surface area contributed by atoms with Gasteiger partial charge in [0.15, 0.2) is 0 Å². The summed E-state index contributed by atoms with van der Waals surface area (Å²) in [6, 6.07) is 14.4. The van der Waals surface area contributed by atoms with Gasteiger partial charge < -0.3 is 20.7 Å². The summed E-state index contributed by atoms with van der Waals surface area (Å²) in [6.45, 7) is 1.14. The number of piperidine rings is 1. The van der Waals surface area contributed by atoms with Crippen molar-refractivity contribution >= 4 is 35.6 Å². The maximum absolute atomic E-state index is 12.6. The second-order valence-electron chi connectivity index (χ2n) is 6.37. The Balaban J connectivity index is 0.00000261. The lowest BCUT2D eigenvalue weighted by Crippen LogP contribution is -2.41. The summed E-state index contributed by atoms with van der Waals surface area (Å²) in [7, 11) is 1.57. The van der Waals surface area contributed by atoms with Gasteiger partial charge in [0.2, 0.25) is 5.91 Å². The molecule has 144 valence electrons. The highest BCUT2D eigenvalue weighted by Gasteiger charge is 2.28. The van der Waals surface area contributed by atoms with Crippen LogP contribution in [-0.4, -0.2) is 36.9 Å². The molecule has 6 nitrogen and oxygen atoms in total. The first-order valence-electron chi connectivity index (χ1n) is 8.67. The Labute approximate surface area is 165 Å². The molecule has 2 aromatic rings. The van der Waals surface area contributed by atoms with Crippen LogP contribution >= 0.6 is 12.4 Å². The van der Waals surface area contributed by atoms with Crippen molar-refractivity contribution < 1.29 is 14.3 Å². The molecule has 0 spiro atoms. The smallest absolute Gasteiger partial charge is 0.253 e. The van der Waals surface area contributed by atoms with Gasteiger partial charge in [-0.15, -0.1) is 12.4 Å². The van der Waals surface area contributed by atoms with Crippen LogP contribution < -0.4 is 15.8 Å². The van der Waals surface area contributed by atoms with Crippen molar-refractivity contribution in [1.82, 2.24) is 4.90 Å². The van der Waals surface area contributed by atoms with E-state index in [1.807, 2.05) is 30.3 Å². The molecule has 2 aromatic carbocycles. The van der Waals surface area contributed by atoms with E-state index in [1.54, 1.807) is 30.2 Å². The zero-order valence-electron chi connectivity index (χ0n) is 15.2. The number of nitrogens with one attached hydrogen (secondary N) is 1. The summed E-state index contributed by atoms with van der Waals surface area (Å²) in [5.41, 5.74) is 7.65. The summed E-state index contributed by atoms with van der Waals surface area (Å²) < 4.78 is 5.17. The molecule has 0 bridgehead atoms. The topological polar surface area (TPSA) is 84.7 Å². The molecule has 1 fully saturated rings. The number of nitrogen functional groups attached to an aromatic ring is 1. The van der Waals surface area contributed by atoms with E-state index in [0.29, 0.717) is 48.6 Å². The average molecular weight is 390 g/mol. The number of anilines is 2. The first-order valence-corrected chi connectivity index (χ1v) is 8.67. The Kier molecular flexibility index (Phi) is 7.07. The fraction of sp³-hybridized carbons (Fsp3) is 0.300. The first-order chi connectivity index (χ1) is 12.6. The van der Waals surface area contributed by atoms with Crippen LogP contribution in [0.1, 0.15) is 23.2 Å². The highest BCUT2D eigenvalue weighted by Crippen LogP contribution is 2.26. The number of ether oxygens (including phenoxy) is 1. The fourth-order valence-corrected chi connectivity index (χ4v) is 3.11. The number of likely N-dealkylation sites (tertiary alicyclic amines) is 1. The molecule has 1 aliphatic heterocycles. The van der Waals surface area contributed by atoms with E-state index in [9.17, 15) is 9.59 Å². The third-order valence-corrected chi connectivity index (χ3v) is 4.69. The Hall–Kier alpha value is -2.73. The zero-order valence-corrected chi connectivity index (χ0v) is 16.0. The molecule has 1 heterocycles. The minimum atomic E-state index is -0.138. The Bertz CT molecular complexity index is 790. The van der Waals surface area contributed by atoms with E-state index >= 15 is 0 Å². The summed E-state index contributed by atoms with van der Waals surface area (Å²) in [5.74, 6) is 0.441. The molecule has 2 amide bonds. The molecular formula is C20H24ClN3O3. The van der Waals surface area contributed by atoms with Crippen LogP contribution in [0, 0.1) is 5.92 Å².